The van der Waals surface area contributed by atoms with Crippen LogP contribution in [0.25, 0.3) is 22.6 Å². The molecule has 0 aliphatic carbocycles. The summed E-state index contributed by atoms with van der Waals surface area (Å²) < 4.78 is 42.0. The van der Waals surface area contributed by atoms with Crippen LogP contribution < -0.4 is 10.6 Å². The van der Waals surface area contributed by atoms with Crippen LogP contribution in [0.1, 0.15) is 38.7 Å². The lowest BCUT2D eigenvalue weighted by atomic mass is 9.73. The summed E-state index contributed by atoms with van der Waals surface area (Å²) in [6, 6.07) is 1.16. The highest BCUT2D eigenvalue weighted by atomic mass is 19.3. The highest BCUT2D eigenvalue weighted by molar-refractivity contribution is 6.13. The Morgan fingerprint density at radius 2 is 1.88 bits per heavy atom. The summed E-state index contributed by atoms with van der Waals surface area (Å²) in [5.74, 6) is -4.70. The zero-order chi connectivity index (χ0) is 23.0. The molecule has 2 aliphatic heterocycles. The number of halogens is 3. The highest BCUT2D eigenvalue weighted by Crippen LogP contribution is 2.50. The number of aromatic nitrogens is 5. The number of anilines is 2. The molecule has 0 saturated heterocycles. The molecule has 32 heavy (non-hydrogen) atoms. The van der Waals surface area contributed by atoms with Crippen molar-refractivity contribution < 1.29 is 22.8 Å². The fraction of sp³-hybridized carbons (Fsp3) is 0.400. The molecular formula is C20H18F3N7O2. The molecule has 0 spiro atoms. The molecule has 0 aromatic carbocycles. The Bertz CT molecular complexity index is 1310. The number of carbonyl (C=O) groups excluding carboxylic acids is 2. The van der Waals surface area contributed by atoms with Crippen LogP contribution in [0.4, 0.5) is 24.8 Å². The fourth-order valence-corrected chi connectivity index (χ4v) is 4.10. The predicted molar refractivity (Wildman–Crippen MR) is 108 cm³/mol. The number of nitrogens with one attached hydrogen (secondary N) is 2. The van der Waals surface area contributed by atoms with Crippen molar-refractivity contribution in [2.45, 2.75) is 45.6 Å². The smallest absolute Gasteiger partial charge is 0.247 e. The number of pyridine rings is 1. The molecule has 0 radical (unpaired) electrons. The summed E-state index contributed by atoms with van der Waals surface area (Å²) >= 11 is 0. The molecule has 2 aliphatic rings. The lowest BCUT2D eigenvalue weighted by Gasteiger charge is -2.33. The second-order valence-electron chi connectivity index (χ2n) is 8.67. The Kier molecular flexibility index (Phi) is 4.11. The Hall–Kier alpha value is -3.57. The minimum atomic E-state index is -2.93. The Morgan fingerprint density at radius 3 is 2.56 bits per heavy atom. The first-order valence-electron chi connectivity index (χ1n) is 9.90. The fourth-order valence-electron chi connectivity index (χ4n) is 4.10. The summed E-state index contributed by atoms with van der Waals surface area (Å²) in [5, 5.41) is 9.90. The lowest BCUT2D eigenvalue weighted by Crippen LogP contribution is -2.43. The molecule has 3 aromatic heterocycles. The number of nitrogens with zero attached hydrogens (tertiary/aromatic N) is 5. The summed E-state index contributed by atoms with van der Waals surface area (Å²) in [7, 11) is 0. The number of rotatable bonds is 4. The molecule has 2 amide bonds. The van der Waals surface area contributed by atoms with Gasteiger partial charge in [0.25, 0.3) is 0 Å². The van der Waals surface area contributed by atoms with E-state index in [1.54, 1.807) is 13.8 Å². The first-order valence-corrected chi connectivity index (χ1v) is 9.90. The molecule has 5 rings (SSSR count). The maximum absolute atomic E-state index is 14.0. The summed E-state index contributed by atoms with van der Waals surface area (Å²) in [6.45, 7) is 3.95. The minimum absolute atomic E-state index is 0.000820. The van der Waals surface area contributed by atoms with Gasteiger partial charge in [0.05, 0.1) is 28.5 Å². The number of fused-ring (bicyclic) bond motifs is 1. The van der Waals surface area contributed by atoms with Crippen molar-refractivity contribution in [3.63, 3.8) is 0 Å². The van der Waals surface area contributed by atoms with E-state index in [4.69, 9.17) is 0 Å². The van der Waals surface area contributed by atoms with Gasteiger partial charge < -0.3 is 10.6 Å². The van der Waals surface area contributed by atoms with Gasteiger partial charge >= 0.3 is 0 Å². The van der Waals surface area contributed by atoms with Crippen LogP contribution in [0.3, 0.4) is 0 Å². The second kappa shape index (κ2) is 6.47. The van der Waals surface area contributed by atoms with E-state index in [1.165, 1.54) is 4.68 Å². The molecular weight excluding hydrogens is 427 g/mol. The van der Waals surface area contributed by atoms with E-state index in [2.05, 4.69) is 30.7 Å². The van der Waals surface area contributed by atoms with Crippen LogP contribution in [0.2, 0.25) is 0 Å². The average molecular weight is 445 g/mol. The molecule has 0 saturated carbocycles. The van der Waals surface area contributed by atoms with E-state index in [-0.39, 0.29) is 52.5 Å². The molecule has 0 fully saturated rings. The maximum atomic E-state index is 14.0. The van der Waals surface area contributed by atoms with Gasteiger partial charge in [0.15, 0.2) is 11.5 Å². The quantitative estimate of drug-likeness (QED) is 0.638. The number of alkyl halides is 2. The maximum Gasteiger partial charge on any atom is 0.247 e. The number of hydrogen-bond acceptors (Lipinski definition) is 6. The third kappa shape index (κ3) is 3.00. The highest BCUT2D eigenvalue weighted by Gasteiger charge is 2.52. The SMILES string of the molecule is CC(F)(F)CCn1nc(-c2nc3c4c(n2)NC(=O)C(C)(C)C4C(=O)N3)c2cc(F)cnc21. The molecule has 0 bridgehead atoms. The first-order chi connectivity index (χ1) is 15.0. The Balaban J connectivity index is 1.67. The third-order valence-corrected chi connectivity index (χ3v) is 5.80. The van der Waals surface area contributed by atoms with Gasteiger partial charge in [0.1, 0.15) is 23.1 Å². The molecule has 3 aromatic rings. The standard InChI is InChI=1S/C20H18F3N7O2/c1-19(2)11-10-13(27-17(11)31)25-15(26-14(10)28-18(19)32)12-9-6-8(21)7-24-16(9)30(29-12)5-4-20(3,22)23/h6-7,11H,4-5H2,1-3H3,(H2,25,26,27,28,31,32). The van der Waals surface area contributed by atoms with Crippen LogP contribution >= 0.6 is 0 Å². The zero-order valence-corrected chi connectivity index (χ0v) is 17.3. The largest absolute Gasteiger partial charge is 0.310 e. The van der Waals surface area contributed by atoms with Crippen LogP contribution in [0.5, 0.6) is 0 Å². The summed E-state index contributed by atoms with van der Waals surface area (Å²) in [5.41, 5.74) is -0.236. The van der Waals surface area contributed by atoms with E-state index >= 15 is 0 Å². The van der Waals surface area contributed by atoms with Crippen molar-refractivity contribution in [2.75, 3.05) is 10.6 Å². The minimum Gasteiger partial charge on any atom is -0.310 e. The molecule has 9 nitrogen and oxygen atoms in total. The van der Waals surface area contributed by atoms with E-state index < -0.39 is 29.5 Å². The van der Waals surface area contributed by atoms with Crippen LogP contribution in [-0.4, -0.2) is 42.5 Å². The van der Waals surface area contributed by atoms with Gasteiger partial charge in [-0.1, -0.05) is 0 Å². The molecule has 166 valence electrons. The van der Waals surface area contributed by atoms with Gasteiger partial charge in [-0.2, -0.15) is 5.10 Å². The van der Waals surface area contributed by atoms with Crippen molar-refractivity contribution in [2.24, 2.45) is 5.41 Å². The molecule has 1 unspecified atom stereocenters. The van der Waals surface area contributed by atoms with Gasteiger partial charge in [-0.3, -0.25) is 9.59 Å². The number of carbonyl (C=O) groups is 2. The van der Waals surface area contributed by atoms with Gasteiger partial charge in [-0.25, -0.2) is 32.8 Å². The topological polar surface area (TPSA) is 115 Å². The van der Waals surface area contributed by atoms with Crippen LogP contribution in [0.15, 0.2) is 12.3 Å². The van der Waals surface area contributed by atoms with Gasteiger partial charge in [0, 0.05) is 13.0 Å². The summed E-state index contributed by atoms with van der Waals surface area (Å²) in [4.78, 5) is 38.0. The average Bonchev–Trinajstić information content (AvgIpc) is 3.22. The van der Waals surface area contributed by atoms with Crippen molar-refractivity contribution >= 4 is 34.5 Å². The van der Waals surface area contributed by atoms with Crippen LogP contribution in [-0.2, 0) is 16.1 Å². The molecule has 5 heterocycles. The number of hydrogen-bond donors (Lipinski definition) is 2. The molecule has 12 heteroatoms. The third-order valence-electron chi connectivity index (χ3n) is 5.80. The monoisotopic (exact) mass is 445 g/mol. The number of amides is 2. The van der Waals surface area contributed by atoms with Crippen molar-refractivity contribution in [1.82, 2.24) is 24.7 Å². The normalized spacial score (nSPS) is 19.1. The van der Waals surface area contributed by atoms with Crippen molar-refractivity contribution in [3.05, 3.63) is 23.6 Å². The molecule has 1 atom stereocenters. The van der Waals surface area contributed by atoms with E-state index in [9.17, 15) is 22.8 Å². The Labute approximate surface area is 179 Å². The van der Waals surface area contributed by atoms with E-state index in [1.807, 2.05) is 0 Å². The van der Waals surface area contributed by atoms with E-state index in [0.29, 0.717) is 5.56 Å². The Morgan fingerprint density at radius 1 is 1.19 bits per heavy atom. The van der Waals surface area contributed by atoms with Crippen LogP contribution in [0, 0.1) is 11.2 Å². The van der Waals surface area contributed by atoms with Gasteiger partial charge in [-0.05, 0) is 26.8 Å². The predicted octanol–water partition coefficient (Wildman–Crippen LogP) is 3.09. The van der Waals surface area contributed by atoms with Crippen molar-refractivity contribution in [1.29, 1.82) is 0 Å². The second-order valence-corrected chi connectivity index (χ2v) is 8.67. The lowest BCUT2D eigenvalue weighted by molar-refractivity contribution is -0.131. The van der Waals surface area contributed by atoms with Gasteiger partial charge in [0.2, 0.25) is 17.7 Å². The van der Waals surface area contributed by atoms with Gasteiger partial charge in [-0.15, -0.1) is 0 Å². The number of aryl methyl sites for hydroxylation is 1. The summed E-state index contributed by atoms with van der Waals surface area (Å²) in [6.07, 6.45) is 0.469. The molecule has 2 N–H and O–H groups in total. The first kappa shape index (κ1) is 20.3. The van der Waals surface area contributed by atoms with E-state index in [0.717, 1.165) is 19.2 Å². The zero-order valence-electron chi connectivity index (χ0n) is 17.3. The van der Waals surface area contributed by atoms with Crippen molar-refractivity contribution in [3.8, 4) is 11.5 Å².